The van der Waals surface area contributed by atoms with Crippen LogP contribution in [0.25, 0.3) is 0 Å². The van der Waals surface area contributed by atoms with Gasteiger partial charge in [0.25, 0.3) is 0 Å². The molecule has 8 heteroatoms. The Kier molecular flexibility index (Phi) is 14.7. The second-order valence-electron chi connectivity index (χ2n) is 7.26. The summed E-state index contributed by atoms with van der Waals surface area (Å²) in [6, 6.07) is -1.89. The summed E-state index contributed by atoms with van der Waals surface area (Å²) in [6.45, 7) is 3.71. The number of primary amides is 1. The topological polar surface area (TPSA) is 139 Å². The first kappa shape index (κ1) is 25.9. The average Bonchev–Trinajstić information content (AvgIpc) is 2.63. The van der Waals surface area contributed by atoms with Crippen molar-refractivity contribution in [3.8, 4) is 0 Å². The lowest BCUT2D eigenvalue weighted by Crippen LogP contribution is -2.51. The number of hydrogen-bond donors (Lipinski definition) is 4. The van der Waals surface area contributed by atoms with Crippen molar-refractivity contribution in [2.24, 2.45) is 5.73 Å². The van der Waals surface area contributed by atoms with Crippen LogP contribution in [0, 0.1) is 0 Å². The van der Waals surface area contributed by atoms with Crippen molar-refractivity contribution in [3.05, 3.63) is 0 Å². The number of hydrogen-bond acceptors (Lipinski definition) is 4. The van der Waals surface area contributed by atoms with E-state index in [1.165, 1.54) is 45.4 Å². The zero-order chi connectivity index (χ0) is 21.4. The highest BCUT2D eigenvalue weighted by Crippen LogP contribution is 2.10. The first-order valence-corrected chi connectivity index (χ1v) is 10.4. The maximum atomic E-state index is 12.1. The van der Waals surface area contributed by atoms with Crippen LogP contribution in [0.2, 0.25) is 0 Å². The van der Waals surface area contributed by atoms with Crippen molar-refractivity contribution >= 4 is 23.7 Å². The van der Waals surface area contributed by atoms with Gasteiger partial charge in [0.2, 0.25) is 17.7 Å². The van der Waals surface area contributed by atoms with Crippen LogP contribution in [0.3, 0.4) is 0 Å². The van der Waals surface area contributed by atoms with Gasteiger partial charge in [0.1, 0.15) is 12.1 Å². The van der Waals surface area contributed by atoms with E-state index in [9.17, 15) is 19.2 Å². The second-order valence-corrected chi connectivity index (χ2v) is 7.26. The standard InChI is InChI=1S/C20H37N3O5/c1-3-4-5-6-7-8-9-10-11-12-17(24)22-15(2)20(28)23-16(19(21)27)13-14-18(25)26/h15-16H,3-14H2,1-2H3,(H2,21,27)(H,22,24)(H,23,28)(H,25,26)/t15-,16+/m0/s1. The molecule has 0 aromatic carbocycles. The Bertz CT molecular complexity index is 496. The van der Waals surface area contributed by atoms with Crippen LogP contribution >= 0.6 is 0 Å². The van der Waals surface area contributed by atoms with Crippen LogP contribution in [-0.4, -0.2) is 40.9 Å². The number of carboxylic acids is 1. The maximum absolute atomic E-state index is 12.1. The van der Waals surface area contributed by atoms with Crippen LogP contribution in [-0.2, 0) is 19.2 Å². The van der Waals surface area contributed by atoms with Crippen LogP contribution in [0.15, 0.2) is 0 Å². The minimum atomic E-state index is -1.08. The number of aliphatic carboxylic acids is 1. The Morgan fingerprint density at radius 2 is 1.39 bits per heavy atom. The molecule has 5 N–H and O–H groups in total. The number of carbonyl (C=O) groups excluding carboxylic acids is 3. The fourth-order valence-electron chi connectivity index (χ4n) is 2.83. The van der Waals surface area contributed by atoms with Gasteiger partial charge in [-0.15, -0.1) is 0 Å². The number of nitrogens with one attached hydrogen (secondary N) is 2. The van der Waals surface area contributed by atoms with Crippen molar-refractivity contribution in [2.45, 2.75) is 103 Å². The van der Waals surface area contributed by atoms with Gasteiger partial charge in [0.15, 0.2) is 0 Å². The second kappa shape index (κ2) is 15.9. The van der Waals surface area contributed by atoms with Crippen LogP contribution in [0.4, 0.5) is 0 Å². The molecule has 0 aliphatic rings. The fourth-order valence-corrected chi connectivity index (χ4v) is 2.83. The molecule has 0 spiro atoms. The summed E-state index contributed by atoms with van der Waals surface area (Å²) >= 11 is 0. The Morgan fingerprint density at radius 3 is 1.89 bits per heavy atom. The van der Waals surface area contributed by atoms with Gasteiger partial charge in [-0.2, -0.15) is 0 Å². The van der Waals surface area contributed by atoms with Crippen molar-refractivity contribution in [1.82, 2.24) is 10.6 Å². The highest BCUT2D eigenvalue weighted by atomic mass is 16.4. The van der Waals surface area contributed by atoms with E-state index in [4.69, 9.17) is 10.8 Å². The molecular formula is C20H37N3O5. The van der Waals surface area contributed by atoms with Crippen molar-refractivity contribution in [3.63, 3.8) is 0 Å². The minimum absolute atomic E-state index is 0.0878. The molecule has 0 heterocycles. The Labute approximate surface area is 168 Å². The lowest BCUT2D eigenvalue weighted by molar-refractivity contribution is -0.137. The van der Waals surface area contributed by atoms with Crippen molar-refractivity contribution in [1.29, 1.82) is 0 Å². The van der Waals surface area contributed by atoms with E-state index in [-0.39, 0.29) is 18.7 Å². The molecule has 0 unspecified atom stereocenters. The summed E-state index contributed by atoms with van der Waals surface area (Å²) < 4.78 is 0. The summed E-state index contributed by atoms with van der Waals surface area (Å²) in [4.78, 5) is 45.9. The Balaban J connectivity index is 3.97. The third-order valence-corrected chi connectivity index (χ3v) is 4.58. The lowest BCUT2D eigenvalue weighted by Gasteiger charge is -2.19. The summed E-state index contributed by atoms with van der Waals surface area (Å²) in [6.07, 6.45) is 10.4. The molecule has 0 aliphatic heterocycles. The zero-order valence-electron chi connectivity index (χ0n) is 17.3. The monoisotopic (exact) mass is 399 g/mol. The highest BCUT2D eigenvalue weighted by Gasteiger charge is 2.23. The van der Waals surface area contributed by atoms with E-state index >= 15 is 0 Å². The number of nitrogens with two attached hydrogens (primary N) is 1. The van der Waals surface area contributed by atoms with E-state index in [1.807, 2.05) is 0 Å². The van der Waals surface area contributed by atoms with E-state index < -0.39 is 29.9 Å². The Morgan fingerprint density at radius 1 is 0.857 bits per heavy atom. The number of carboxylic acid groups (broad SMARTS) is 1. The van der Waals surface area contributed by atoms with Crippen LogP contribution in [0.1, 0.15) is 90.9 Å². The fraction of sp³-hybridized carbons (Fsp3) is 0.800. The third kappa shape index (κ3) is 14.0. The predicted octanol–water partition coefficient (Wildman–Crippen LogP) is 2.25. The first-order valence-electron chi connectivity index (χ1n) is 10.4. The van der Waals surface area contributed by atoms with Crippen molar-refractivity contribution < 1.29 is 24.3 Å². The lowest BCUT2D eigenvalue weighted by atomic mass is 10.1. The number of rotatable bonds is 17. The molecule has 0 aromatic rings. The molecule has 3 amide bonds. The predicted molar refractivity (Wildman–Crippen MR) is 107 cm³/mol. The molecule has 0 bridgehead atoms. The van der Waals surface area contributed by atoms with Gasteiger partial charge in [-0.3, -0.25) is 19.2 Å². The van der Waals surface area contributed by atoms with Gasteiger partial charge in [-0.25, -0.2) is 0 Å². The highest BCUT2D eigenvalue weighted by molar-refractivity contribution is 5.91. The molecule has 162 valence electrons. The summed E-state index contributed by atoms with van der Waals surface area (Å²) in [7, 11) is 0. The van der Waals surface area contributed by atoms with Crippen LogP contribution < -0.4 is 16.4 Å². The molecule has 0 rings (SSSR count). The van der Waals surface area contributed by atoms with Gasteiger partial charge in [0, 0.05) is 12.8 Å². The first-order chi connectivity index (χ1) is 13.3. The molecule has 0 saturated carbocycles. The van der Waals surface area contributed by atoms with Crippen LogP contribution in [0.5, 0.6) is 0 Å². The van der Waals surface area contributed by atoms with Gasteiger partial charge in [-0.1, -0.05) is 58.3 Å². The molecule has 28 heavy (non-hydrogen) atoms. The molecule has 0 aliphatic carbocycles. The van der Waals surface area contributed by atoms with Gasteiger partial charge in [0.05, 0.1) is 0 Å². The van der Waals surface area contributed by atoms with Gasteiger partial charge >= 0.3 is 5.97 Å². The normalized spacial score (nSPS) is 12.8. The van der Waals surface area contributed by atoms with E-state index in [0.29, 0.717) is 6.42 Å². The van der Waals surface area contributed by atoms with Crippen molar-refractivity contribution in [2.75, 3.05) is 0 Å². The third-order valence-electron chi connectivity index (χ3n) is 4.58. The SMILES string of the molecule is CCCCCCCCCCCC(=O)N[C@@H](C)C(=O)N[C@H](CCC(=O)O)C(N)=O. The summed E-state index contributed by atoms with van der Waals surface area (Å²) in [5, 5.41) is 13.7. The summed E-state index contributed by atoms with van der Waals surface area (Å²) in [5.74, 6) is -2.66. The average molecular weight is 400 g/mol. The smallest absolute Gasteiger partial charge is 0.303 e. The quantitative estimate of drug-likeness (QED) is 0.278. The van der Waals surface area contributed by atoms with E-state index in [2.05, 4.69) is 17.6 Å². The summed E-state index contributed by atoms with van der Waals surface area (Å²) in [5.41, 5.74) is 5.18. The molecule has 0 fully saturated rings. The number of unbranched alkanes of at least 4 members (excludes halogenated alkanes) is 8. The molecule has 0 aromatic heterocycles. The van der Waals surface area contributed by atoms with E-state index in [0.717, 1.165) is 19.3 Å². The molecule has 0 radical (unpaired) electrons. The minimum Gasteiger partial charge on any atom is -0.481 e. The molecule has 0 saturated heterocycles. The van der Waals surface area contributed by atoms with E-state index in [1.54, 1.807) is 0 Å². The van der Waals surface area contributed by atoms with Gasteiger partial charge < -0.3 is 21.5 Å². The van der Waals surface area contributed by atoms with Gasteiger partial charge in [-0.05, 0) is 19.8 Å². The molecule has 2 atom stereocenters. The molecule has 8 nitrogen and oxygen atoms in total. The maximum Gasteiger partial charge on any atom is 0.303 e. The zero-order valence-corrected chi connectivity index (χ0v) is 17.3. The largest absolute Gasteiger partial charge is 0.481 e. The number of amides is 3. The molecular weight excluding hydrogens is 362 g/mol. The number of carbonyl (C=O) groups is 4. The Hall–Kier alpha value is -2.12.